The molecule has 4 atom stereocenters. The van der Waals surface area contributed by atoms with E-state index in [0.717, 1.165) is 0 Å². The van der Waals surface area contributed by atoms with Crippen molar-refractivity contribution in [3.05, 3.63) is 12.7 Å². The highest BCUT2D eigenvalue weighted by Gasteiger charge is 2.23. The third-order valence-electron chi connectivity index (χ3n) is 3.05. The number of nitrogens with zero attached hydrogens (tertiary/aromatic N) is 4. The molecule has 18 heteroatoms. The number of hydrogen-bond donors (Lipinski definition) is 1. The van der Waals surface area contributed by atoms with Crippen LogP contribution in [0.4, 0.5) is 5.82 Å². The number of nitrogen functional groups attached to an aromatic ring is 1. The van der Waals surface area contributed by atoms with Gasteiger partial charge in [0.1, 0.15) is 11.8 Å². The van der Waals surface area contributed by atoms with Gasteiger partial charge in [0.15, 0.2) is 11.5 Å². The molecular formula is C10H15N5O9P3S-3. The molecule has 0 saturated heterocycles. The van der Waals surface area contributed by atoms with Crippen LogP contribution in [-0.4, -0.2) is 39.1 Å². The van der Waals surface area contributed by atoms with Crippen LogP contribution < -0.4 is 20.4 Å². The first kappa shape index (κ1) is 23.5. The Morgan fingerprint density at radius 2 is 1.89 bits per heavy atom. The van der Waals surface area contributed by atoms with Crippen LogP contribution in [0.3, 0.4) is 0 Å². The summed E-state index contributed by atoms with van der Waals surface area (Å²) in [5, 5.41) is 0. The molecule has 0 aromatic carbocycles. The van der Waals surface area contributed by atoms with Crippen molar-refractivity contribution < 1.29 is 41.7 Å². The largest absolute Gasteiger partial charge is 0.799 e. The van der Waals surface area contributed by atoms with Gasteiger partial charge < -0.3 is 34.2 Å². The van der Waals surface area contributed by atoms with Gasteiger partial charge in [-0.05, 0) is 6.92 Å². The summed E-state index contributed by atoms with van der Waals surface area (Å²) in [6.45, 7) is -2.58. The summed E-state index contributed by atoms with van der Waals surface area (Å²) in [7, 11) is -10.1. The van der Waals surface area contributed by atoms with Crippen LogP contribution in [0.25, 0.3) is 11.2 Å². The maximum atomic E-state index is 12.1. The van der Waals surface area contributed by atoms with E-state index < -0.39 is 34.6 Å². The van der Waals surface area contributed by atoms with Crippen LogP contribution in [0.1, 0.15) is 6.92 Å². The summed E-state index contributed by atoms with van der Waals surface area (Å²) in [4.78, 5) is 46.5. The molecule has 0 spiro atoms. The van der Waals surface area contributed by atoms with Crippen LogP contribution >= 0.6 is 22.1 Å². The van der Waals surface area contributed by atoms with E-state index in [2.05, 4.69) is 39.9 Å². The number of rotatable bonds is 10. The third-order valence-corrected chi connectivity index (χ3v) is 8.27. The lowest BCUT2D eigenvalue weighted by Gasteiger charge is -2.36. The predicted molar refractivity (Wildman–Crippen MR) is 93.8 cm³/mol. The van der Waals surface area contributed by atoms with Crippen LogP contribution in [0.5, 0.6) is 0 Å². The van der Waals surface area contributed by atoms with E-state index in [1.807, 2.05) is 0 Å². The molecule has 14 nitrogen and oxygen atoms in total. The Morgan fingerprint density at radius 1 is 1.21 bits per heavy atom. The fourth-order valence-electron chi connectivity index (χ4n) is 1.93. The van der Waals surface area contributed by atoms with Gasteiger partial charge in [0, 0.05) is 13.6 Å². The van der Waals surface area contributed by atoms with Gasteiger partial charge in [-0.2, -0.15) is 0 Å². The number of fused-ring (bicyclic) bond motifs is 1. The summed E-state index contributed by atoms with van der Waals surface area (Å²) in [5.74, 6) is 0.193. The lowest BCUT2D eigenvalue weighted by molar-refractivity contribution is -0.242. The molecule has 3 unspecified atom stereocenters. The molecule has 158 valence electrons. The quantitative estimate of drug-likeness (QED) is 0.412. The van der Waals surface area contributed by atoms with Crippen molar-refractivity contribution in [3.8, 4) is 0 Å². The van der Waals surface area contributed by atoms with E-state index in [1.54, 1.807) is 11.5 Å². The van der Waals surface area contributed by atoms with E-state index >= 15 is 0 Å². The highest BCUT2D eigenvalue weighted by atomic mass is 32.5. The molecule has 0 fully saturated rings. The number of phosphoric ester groups is 1. The number of imidazole rings is 1. The van der Waals surface area contributed by atoms with Gasteiger partial charge in [0.2, 0.25) is 0 Å². The van der Waals surface area contributed by atoms with Crippen molar-refractivity contribution in [1.29, 1.82) is 0 Å². The molecule has 0 radical (unpaired) electrons. The first-order valence-electron chi connectivity index (χ1n) is 7.27. The summed E-state index contributed by atoms with van der Waals surface area (Å²) < 4.78 is 41.0. The second-order valence-electron chi connectivity index (χ2n) is 5.29. The topological polar surface area (TPSA) is 210 Å². The fraction of sp³-hybridized carbons (Fsp3) is 0.500. The van der Waals surface area contributed by atoms with E-state index in [-0.39, 0.29) is 12.4 Å². The number of phosphoric acid groups is 2. The molecule has 2 heterocycles. The van der Waals surface area contributed by atoms with Crippen LogP contribution in [-0.2, 0) is 45.4 Å². The normalized spacial score (nSPS) is 19.6. The average Bonchev–Trinajstić information content (AvgIpc) is 2.95. The van der Waals surface area contributed by atoms with Crippen molar-refractivity contribution in [1.82, 2.24) is 19.5 Å². The zero-order valence-electron chi connectivity index (χ0n) is 14.4. The predicted octanol–water partition coefficient (Wildman–Crippen LogP) is -0.943. The van der Waals surface area contributed by atoms with E-state index in [4.69, 9.17) is 10.5 Å². The summed E-state index contributed by atoms with van der Waals surface area (Å²) >= 11 is 4.54. The smallest absolute Gasteiger partial charge is 0.277 e. The SMILES string of the molecule is COP(=O)([O-])OP(=O)([O-])OP([O-])(=S)CO[C@H](C)Cn1cnc2c(N)ncnc21. The van der Waals surface area contributed by atoms with Gasteiger partial charge in [-0.25, -0.2) is 19.3 Å². The van der Waals surface area contributed by atoms with Gasteiger partial charge in [-0.1, -0.05) is 11.8 Å². The van der Waals surface area contributed by atoms with Gasteiger partial charge >= 0.3 is 0 Å². The van der Waals surface area contributed by atoms with Crippen LogP contribution in [0.15, 0.2) is 12.7 Å². The molecule has 0 aliphatic carbocycles. The number of ether oxygens (including phenoxy) is 1. The highest BCUT2D eigenvalue weighted by Crippen LogP contribution is 2.62. The Hall–Kier alpha value is -0.820. The van der Waals surface area contributed by atoms with E-state index in [9.17, 15) is 23.8 Å². The average molecular weight is 474 g/mol. The van der Waals surface area contributed by atoms with Crippen LogP contribution in [0, 0.1) is 0 Å². The second-order valence-corrected chi connectivity index (χ2v) is 11.9. The van der Waals surface area contributed by atoms with Crippen molar-refractivity contribution in [2.75, 3.05) is 19.2 Å². The molecule has 0 saturated carbocycles. The molecule has 28 heavy (non-hydrogen) atoms. The molecule has 2 N–H and O–H groups in total. The van der Waals surface area contributed by atoms with Gasteiger partial charge in [-0.15, -0.1) is 0 Å². The van der Waals surface area contributed by atoms with Crippen molar-refractivity contribution >= 4 is 50.9 Å². The molecule has 0 amide bonds. The zero-order chi connectivity index (χ0) is 21.2. The minimum atomic E-state index is -5.55. The van der Waals surface area contributed by atoms with Crippen molar-refractivity contribution in [3.63, 3.8) is 0 Å². The lowest BCUT2D eigenvalue weighted by Crippen LogP contribution is -2.21. The number of nitrogens with two attached hydrogens (primary N) is 1. The Balaban J connectivity index is 1.96. The van der Waals surface area contributed by atoms with Gasteiger partial charge in [0.05, 0.1) is 25.3 Å². The molecule has 2 aromatic rings. The van der Waals surface area contributed by atoms with Crippen molar-refractivity contribution in [2.24, 2.45) is 0 Å². The number of hydrogen-bond acceptors (Lipinski definition) is 14. The van der Waals surface area contributed by atoms with Gasteiger partial charge in [-0.3, -0.25) is 13.4 Å². The molecule has 0 aliphatic heterocycles. The first-order chi connectivity index (χ1) is 12.8. The Bertz CT molecular complexity index is 987. The minimum Gasteiger partial charge on any atom is -0.799 e. The number of anilines is 1. The summed E-state index contributed by atoms with van der Waals surface area (Å²) in [5.41, 5.74) is 6.50. The zero-order valence-corrected chi connectivity index (χ0v) is 17.9. The fourth-order valence-corrected chi connectivity index (χ4v) is 6.32. The van der Waals surface area contributed by atoms with Gasteiger partial charge in [0.25, 0.3) is 15.6 Å². The Kier molecular flexibility index (Phi) is 7.46. The monoisotopic (exact) mass is 474 g/mol. The molecule has 0 aliphatic rings. The highest BCUT2D eigenvalue weighted by molar-refractivity contribution is 8.10. The maximum absolute atomic E-state index is 12.1. The van der Waals surface area contributed by atoms with Crippen molar-refractivity contribution in [2.45, 2.75) is 19.6 Å². The second kappa shape index (κ2) is 8.90. The first-order valence-corrected chi connectivity index (χ1v) is 13.0. The Morgan fingerprint density at radius 3 is 2.54 bits per heavy atom. The minimum absolute atomic E-state index is 0.174. The summed E-state index contributed by atoms with van der Waals surface area (Å²) in [6, 6.07) is 0. The molecule has 2 aromatic heterocycles. The molecule has 2 rings (SSSR count). The third kappa shape index (κ3) is 6.61. The van der Waals surface area contributed by atoms with E-state index in [1.165, 1.54) is 12.7 Å². The lowest BCUT2D eigenvalue weighted by atomic mass is 10.4. The molecule has 0 bridgehead atoms. The van der Waals surface area contributed by atoms with E-state index in [0.29, 0.717) is 18.3 Å². The number of aromatic nitrogens is 4. The standard InChI is InChI=1S/C10H18N5O9P3S/c1-7(3-15-5-14-8-9(11)12-4-13-10(8)15)22-6-25(16,28)23-27(19,20)24-26(17,18)21-2/h4-5,7H,3,6H2,1-2H3,(H,16,28)(H,17,18)(H,19,20)(H2,11,12,13)/p-3/t7-,25?/m1/s1. The summed E-state index contributed by atoms with van der Waals surface area (Å²) in [6.07, 6.45) is 1.26. The molecular weight excluding hydrogens is 459 g/mol. The maximum Gasteiger partial charge on any atom is 0.277 e. The van der Waals surface area contributed by atoms with Crippen LogP contribution in [0.2, 0.25) is 0 Å². The Labute approximate surface area is 164 Å².